The molecule has 0 radical (unpaired) electrons. The normalized spacial score (nSPS) is 51.3. The van der Waals surface area contributed by atoms with Gasteiger partial charge in [0.1, 0.15) is 0 Å². The first-order valence-electron chi connectivity index (χ1n) is 15.3. The molecular formula is C32H49NO3. The van der Waals surface area contributed by atoms with Gasteiger partial charge in [-0.05, 0) is 130 Å². The molecule has 0 bridgehead atoms. The highest BCUT2D eigenvalue weighted by molar-refractivity contribution is 5.95. The Labute approximate surface area is 218 Å². The zero-order valence-electron chi connectivity index (χ0n) is 23.2. The molecule has 5 aliphatic carbocycles. The number of carbonyl (C=O) groups excluding carboxylic acids is 1. The van der Waals surface area contributed by atoms with Crippen molar-refractivity contribution < 1.29 is 14.7 Å². The molecule has 0 amide bonds. The van der Waals surface area contributed by atoms with E-state index in [2.05, 4.69) is 38.7 Å². The Morgan fingerprint density at radius 1 is 0.917 bits per heavy atom. The lowest BCUT2D eigenvalue weighted by Gasteiger charge is -2.66. The second-order valence-electron chi connectivity index (χ2n) is 14.8. The minimum Gasteiger partial charge on any atom is -0.481 e. The van der Waals surface area contributed by atoms with Gasteiger partial charge in [-0.15, -0.1) is 0 Å². The molecule has 1 aliphatic heterocycles. The van der Waals surface area contributed by atoms with E-state index in [4.69, 9.17) is 0 Å². The predicted molar refractivity (Wildman–Crippen MR) is 142 cm³/mol. The molecule has 1 N–H and O–H groups in total. The Bertz CT molecular complexity index is 951. The molecular weight excluding hydrogens is 446 g/mol. The van der Waals surface area contributed by atoms with Crippen LogP contribution in [0.25, 0.3) is 0 Å². The number of allylic oxidation sites excluding steroid dienone is 2. The molecule has 1 heterocycles. The molecule has 200 valence electrons. The van der Waals surface area contributed by atoms with E-state index < -0.39 is 5.97 Å². The number of hydrogen-bond acceptors (Lipinski definition) is 3. The van der Waals surface area contributed by atoms with Crippen molar-refractivity contribution in [1.82, 2.24) is 4.90 Å². The fraction of sp³-hybridized carbons (Fsp3) is 0.875. The number of ketones is 1. The van der Waals surface area contributed by atoms with Crippen molar-refractivity contribution in [3.63, 3.8) is 0 Å². The zero-order chi connectivity index (χ0) is 25.5. The van der Waals surface area contributed by atoms with Gasteiger partial charge in [-0.1, -0.05) is 39.7 Å². The monoisotopic (exact) mass is 495 g/mol. The summed E-state index contributed by atoms with van der Waals surface area (Å²) in [5.74, 6) is 1.66. The lowest BCUT2D eigenvalue weighted by atomic mass is 9.38. The van der Waals surface area contributed by atoms with E-state index in [-0.39, 0.29) is 34.0 Å². The van der Waals surface area contributed by atoms with E-state index in [0.29, 0.717) is 29.6 Å². The third kappa shape index (κ3) is 3.55. The first-order valence-corrected chi connectivity index (χ1v) is 15.3. The SMILES string of the molecule is CC1C(N2CCCCC2)CCC2(C)C1CCC1(C)C3CCC4(C)CCC(C(=O)O)CC4C3=CC(=O)C12. The molecule has 0 aromatic rings. The summed E-state index contributed by atoms with van der Waals surface area (Å²) in [6.45, 7) is 12.4. The average Bonchev–Trinajstić information content (AvgIpc) is 2.83. The number of nitrogens with zero attached hydrogens (tertiary/aromatic N) is 1. The minimum absolute atomic E-state index is 0.0294. The van der Waals surface area contributed by atoms with Crippen LogP contribution in [0.5, 0.6) is 0 Å². The topological polar surface area (TPSA) is 57.6 Å². The Balaban J connectivity index is 1.32. The second kappa shape index (κ2) is 8.68. The van der Waals surface area contributed by atoms with Crippen LogP contribution in [0.4, 0.5) is 0 Å². The maximum Gasteiger partial charge on any atom is 0.306 e. The van der Waals surface area contributed by atoms with Crippen LogP contribution in [0.15, 0.2) is 11.6 Å². The molecule has 36 heavy (non-hydrogen) atoms. The Hall–Kier alpha value is -1.16. The van der Waals surface area contributed by atoms with Gasteiger partial charge in [-0.2, -0.15) is 0 Å². The number of hydrogen-bond donors (Lipinski definition) is 1. The van der Waals surface area contributed by atoms with E-state index in [9.17, 15) is 14.7 Å². The third-order valence-corrected chi connectivity index (χ3v) is 13.2. The van der Waals surface area contributed by atoms with Crippen LogP contribution in [0.2, 0.25) is 0 Å². The Morgan fingerprint density at radius 3 is 2.33 bits per heavy atom. The summed E-state index contributed by atoms with van der Waals surface area (Å²) >= 11 is 0. The highest BCUT2D eigenvalue weighted by atomic mass is 16.4. The summed E-state index contributed by atoms with van der Waals surface area (Å²) in [6, 6.07) is 0.697. The molecule has 0 aromatic heterocycles. The highest BCUT2D eigenvalue weighted by Gasteiger charge is 2.65. The lowest BCUT2D eigenvalue weighted by molar-refractivity contribution is -0.165. The van der Waals surface area contributed by atoms with Gasteiger partial charge in [0.2, 0.25) is 0 Å². The fourth-order valence-electron chi connectivity index (χ4n) is 11.4. The average molecular weight is 496 g/mol. The van der Waals surface area contributed by atoms with E-state index in [1.54, 1.807) is 0 Å². The second-order valence-corrected chi connectivity index (χ2v) is 14.8. The van der Waals surface area contributed by atoms with Gasteiger partial charge in [0, 0.05) is 12.0 Å². The third-order valence-electron chi connectivity index (χ3n) is 13.2. The standard InChI is InChI=1S/C32H49NO3/c1-20-23-10-14-32(4)24-9-13-30(2)12-8-21(29(35)36)18-25(30)22(24)19-27(34)28(32)31(23,3)15-11-26(20)33-16-6-5-7-17-33/h19-21,23-26,28H,5-18H2,1-4H3,(H,35,36). The molecule has 6 rings (SSSR count). The maximum atomic E-state index is 14.2. The smallest absolute Gasteiger partial charge is 0.306 e. The number of carbonyl (C=O) groups is 2. The molecule has 6 aliphatic rings. The fourth-order valence-corrected chi connectivity index (χ4v) is 11.4. The van der Waals surface area contributed by atoms with Crippen LogP contribution < -0.4 is 0 Å². The van der Waals surface area contributed by atoms with Gasteiger partial charge >= 0.3 is 5.97 Å². The van der Waals surface area contributed by atoms with E-state index in [0.717, 1.165) is 25.7 Å². The molecule has 0 aromatic carbocycles. The van der Waals surface area contributed by atoms with Crippen molar-refractivity contribution in [2.45, 2.75) is 111 Å². The highest BCUT2D eigenvalue weighted by Crippen LogP contribution is 2.69. The lowest BCUT2D eigenvalue weighted by Crippen LogP contribution is -2.63. The van der Waals surface area contributed by atoms with Crippen molar-refractivity contribution in [2.75, 3.05) is 13.1 Å². The summed E-state index contributed by atoms with van der Waals surface area (Å²) in [5.41, 5.74) is 1.64. The first kappa shape index (κ1) is 25.1. The summed E-state index contributed by atoms with van der Waals surface area (Å²) in [5, 5.41) is 9.81. The molecule has 4 saturated carbocycles. The molecule has 4 heteroatoms. The van der Waals surface area contributed by atoms with Gasteiger partial charge in [0.15, 0.2) is 5.78 Å². The van der Waals surface area contributed by atoms with Crippen LogP contribution in [0.1, 0.15) is 105 Å². The van der Waals surface area contributed by atoms with Gasteiger partial charge in [0.05, 0.1) is 5.92 Å². The van der Waals surface area contributed by atoms with E-state index in [1.165, 1.54) is 70.0 Å². The Kier molecular flexibility index (Phi) is 6.06. The molecule has 0 spiro atoms. The Morgan fingerprint density at radius 2 is 1.61 bits per heavy atom. The van der Waals surface area contributed by atoms with Crippen LogP contribution >= 0.6 is 0 Å². The minimum atomic E-state index is -0.640. The first-order chi connectivity index (χ1) is 17.1. The van der Waals surface area contributed by atoms with Crippen LogP contribution in [0.3, 0.4) is 0 Å². The van der Waals surface area contributed by atoms with Crippen molar-refractivity contribution in [3.8, 4) is 0 Å². The molecule has 5 fully saturated rings. The molecule has 10 atom stereocenters. The van der Waals surface area contributed by atoms with Crippen molar-refractivity contribution in [1.29, 1.82) is 0 Å². The molecule has 1 saturated heterocycles. The summed E-state index contributed by atoms with van der Waals surface area (Å²) in [7, 11) is 0. The van der Waals surface area contributed by atoms with Gasteiger partial charge in [-0.25, -0.2) is 0 Å². The van der Waals surface area contributed by atoms with Crippen molar-refractivity contribution in [2.24, 2.45) is 51.8 Å². The maximum absolute atomic E-state index is 14.2. The van der Waals surface area contributed by atoms with Gasteiger partial charge < -0.3 is 10.0 Å². The van der Waals surface area contributed by atoms with Crippen molar-refractivity contribution in [3.05, 3.63) is 11.6 Å². The largest absolute Gasteiger partial charge is 0.481 e. The summed E-state index contributed by atoms with van der Waals surface area (Å²) in [4.78, 5) is 29.0. The zero-order valence-corrected chi connectivity index (χ0v) is 23.2. The van der Waals surface area contributed by atoms with Crippen molar-refractivity contribution >= 4 is 11.8 Å². The number of likely N-dealkylation sites (tertiary alicyclic amines) is 1. The van der Waals surface area contributed by atoms with Crippen LogP contribution in [0, 0.1) is 51.8 Å². The molecule has 10 unspecified atom stereocenters. The van der Waals surface area contributed by atoms with Crippen LogP contribution in [-0.4, -0.2) is 40.9 Å². The van der Waals surface area contributed by atoms with E-state index in [1.807, 2.05) is 0 Å². The number of aliphatic carboxylic acids is 1. The number of fused-ring (bicyclic) bond motifs is 7. The van der Waals surface area contributed by atoms with Crippen LogP contribution in [-0.2, 0) is 9.59 Å². The predicted octanol–water partition coefficient (Wildman–Crippen LogP) is 6.74. The number of rotatable bonds is 2. The quantitative estimate of drug-likeness (QED) is 0.461. The number of carboxylic acids is 1. The van der Waals surface area contributed by atoms with E-state index >= 15 is 0 Å². The van der Waals surface area contributed by atoms with Gasteiger partial charge in [0.25, 0.3) is 0 Å². The number of carboxylic acid groups (broad SMARTS) is 1. The molecule has 4 nitrogen and oxygen atoms in total. The van der Waals surface area contributed by atoms with Gasteiger partial charge in [-0.3, -0.25) is 9.59 Å². The summed E-state index contributed by atoms with van der Waals surface area (Å²) in [6.07, 6.45) is 15.9. The number of piperidine rings is 1. The summed E-state index contributed by atoms with van der Waals surface area (Å²) < 4.78 is 0.